The number of carbonyl (C=O) groups is 3. The topological polar surface area (TPSA) is 86.7 Å². The van der Waals surface area contributed by atoms with Gasteiger partial charge in [-0.3, -0.25) is 14.5 Å². The van der Waals surface area contributed by atoms with Crippen LogP contribution in [0.1, 0.15) is 11.1 Å². The average Bonchev–Trinajstić information content (AvgIpc) is 2.78. The number of alkyl halides is 1. The van der Waals surface area contributed by atoms with Gasteiger partial charge in [0.05, 0.1) is 6.42 Å². The lowest BCUT2D eigenvalue weighted by molar-refractivity contribution is -0.150. The summed E-state index contributed by atoms with van der Waals surface area (Å²) in [5, 5.41) is 12.9. The van der Waals surface area contributed by atoms with Crippen molar-refractivity contribution >= 4 is 57.2 Å². The van der Waals surface area contributed by atoms with Crippen molar-refractivity contribution < 1.29 is 19.5 Å². The van der Waals surface area contributed by atoms with Crippen LogP contribution < -0.4 is 5.32 Å². The van der Waals surface area contributed by atoms with Crippen molar-refractivity contribution in [3.8, 4) is 0 Å². The number of benzene rings is 2. The molecule has 2 aliphatic rings. The molecule has 0 unspecified atom stereocenters. The van der Waals surface area contributed by atoms with Crippen LogP contribution in [-0.2, 0) is 26.1 Å². The summed E-state index contributed by atoms with van der Waals surface area (Å²) in [4.78, 5) is 40.1. The SMILES string of the molecule is O=C(Cc1ccccc1)N[C@@H]1C(=O)N2C(C(=O)O)=C(Sc3ccccc3CBr)CS[C@@H]12. The number of carbonyl (C=O) groups excluding carboxylic acids is 2. The molecule has 160 valence electrons. The van der Waals surface area contributed by atoms with Gasteiger partial charge >= 0.3 is 5.97 Å². The molecular formula is C22H19BrN2O4S2. The van der Waals surface area contributed by atoms with Gasteiger partial charge in [-0.15, -0.1) is 11.8 Å². The Morgan fingerprint density at radius 2 is 1.87 bits per heavy atom. The van der Waals surface area contributed by atoms with E-state index < -0.39 is 17.4 Å². The van der Waals surface area contributed by atoms with Crippen LogP contribution >= 0.6 is 39.5 Å². The number of amides is 2. The van der Waals surface area contributed by atoms with E-state index in [0.717, 1.165) is 16.0 Å². The van der Waals surface area contributed by atoms with Crippen LogP contribution in [0.3, 0.4) is 0 Å². The van der Waals surface area contributed by atoms with E-state index in [9.17, 15) is 19.5 Å². The average molecular weight is 519 g/mol. The molecule has 0 radical (unpaired) electrons. The Hall–Kier alpha value is -2.23. The summed E-state index contributed by atoms with van der Waals surface area (Å²) in [7, 11) is 0. The molecule has 0 aromatic heterocycles. The smallest absolute Gasteiger partial charge is 0.353 e. The maximum absolute atomic E-state index is 12.8. The first kappa shape index (κ1) is 22.0. The van der Waals surface area contributed by atoms with E-state index in [2.05, 4.69) is 21.2 Å². The normalized spacial score (nSPS) is 20.2. The molecule has 0 bridgehead atoms. The summed E-state index contributed by atoms with van der Waals surface area (Å²) < 4.78 is 0. The van der Waals surface area contributed by atoms with Crippen LogP contribution in [0.5, 0.6) is 0 Å². The van der Waals surface area contributed by atoms with Crippen molar-refractivity contribution in [2.75, 3.05) is 5.75 Å². The summed E-state index contributed by atoms with van der Waals surface area (Å²) in [5.41, 5.74) is 1.92. The number of hydrogen-bond acceptors (Lipinski definition) is 5. The molecule has 2 N–H and O–H groups in total. The van der Waals surface area contributed by atoms with E-state index >= 15 is 0 Å². The molecule has 1 fully saturated rings. The lowest BCUT2D eigenvalue weighted by Crippen LogP contribution is -2.70. The van der Waals surface area contributed by atoms with Gasteiger partial charge in [0.2, 0.25) is 5.91 Å². The third-order valence-electron chi connectivity index (χ3n) is 5.01. The fourth-order valence-electron chi connectivity index (χ4n) is 3.52. The minimum Gasteiger partial charge on any atom is -0.477 e. The molecular weight excluding hydrogens is 500 g/mol. The number of nitrogens with one attached hydrogen (secondary N) is 1. The molecule has 2 atom stereocenters. The quantitative estimate of drug-likeness (QED) is 0.430. The predicted molar refractivity (Wildman–Crippen MR) is 125 cm³/mol. The number of aliphatic carboxylic acids is 1. The second-order valence-corrected chi connectivity index (χ2v) is 9.84. The molecule has 2 aliphatic heterocycles. The number of nitrogens with zero attached hydrogens (tertiary/aromatic N) is 1. The van der Waals surface area contributed by atoms with E-state index in [0.29, 0.717) is 16.0 Å². The highest BCUT2D eigenvalue weighted by Gasteiger charge is 2.54. The first-order chi connectivity index (χ1) is 15.0. The molecule has 1 saturated heterocycles. The van der Waals surface area contributed by atoms with Gasteiger partial charge in [0.15, 0.2) is 0 Å². The number of halogens is 1. The zero-order valence-electron chi connectivity index (χ0n) is 16.3. The van der Waals surface area contributed by atoms with Gasteiger partial charge in [-0.2, -0.15) is 0 Å². The van der Waals surface area contributed by atoms with Crippen molar-refractivity contribution in [1.82, 2.24) is 10.2 Å². The highest BCUT2D eigenvalue weighted by molar-refractivity contribution is 9.08. The number of thioether (sulfide) groups is 2. The zero-order valence-corrected chi connectivity index (χ0v) is 19.5. The Balaban J connectivity index is 1.50. The highest BCUT2D eigenvalue weighted by Crippen LogP contribution is 2.45. The summed E-state index contributed by atoms with van der Waals surface area (Å²) in [6.45, 7) is 0. The van der Waals surface area contributed by atoms with Gasteiger partial charge in [0.25, 0.3) is 5.91 Å². The molecule has 2 heterocycles. The number of carboxylic acids is 1. The van der Waals surface area contributed by atoms with Gasteiger partial charge in [-0.1, -0.05) is 76.2 Å². The summed E-state index contributed by atoms with van der Waals surface area (Å²) in [6.07, 6.45) is 0.175. The van der Waals surface area contributed by atoms with E-state index in [-0.39, 0.29) is 23.9 Å². The largest absolute Gasteiger partial charge is 0.477 e. The maximum Gasteiger partial charge on any atom is 0.353 e. The molecule has 9 heteroatoms. The number of carboxylic acid groups (broad SMARTS) is 1. The molecule has 4 rings (SSSR count). The fourth-order valence-corrected chi connectivity index (χ4v) is 6.80. The van der Waals surface area contributed by atoms with Crippen molar-refractivity contribution in [2.45, 2.75) is 28.1 Å². The van der Waals surface area contributed by atoms with Crippen LogP contribution in [0.15, 0.2) is 70.1 Å². The number of hydrogen-bond donors (Lipinski definition) is 2. The summed E-state index contributed by atoms with van der Waals surface area (Å²) >= 11 is 6.31. The van der Waals surface area contributed by atoms with E-state index in [1.165, 1.54) is 28.4 Å². The molecule has 0 saturated carbocycles. The fraction of sp³-hybridized carbons (Fsp3) is 0.227. The van der Waals surface area contributed by atoms with Crippen LogP contribution in [0.4, 0.5) is 0 Å². The number of fused-ring (bicyclic) bond motifs is 1. The Bertz CT molecular complexity index is 1060. The minimum atomic E-state index is -1.13. The minimum absolute atomic E-state index is 0.0108. The Kier molecular flexibility index (Phi) is 6.74. The number of β-lactam (4-membered cyclic amide) rings is 1. The third kappa shape index (κ3) is 4.53. The summed E-state index contributed by atoms with van der Waals surface area (Å²) in [5.74, 6) is -1.31. The monoisotopic (exact) mass is 518 g/mol. The lowest BCUT2D eigenvalue weighted by Gasteiger charge is -2.49. The van der Waals surface area contributed by atoms with E-state index in [1.807, 2.05) is 54.6 Å². The molecule has 2 amide bonds. The zero-order chi connectivity index (χ0) is 22.0. The Morgan fingerprint density at radius 1 is 1.16 bits per heavy atom. The first-order valence-corrected chi connectivity index (χ1v) is 12.5. The molecule has 2 aromatic rings. The van der Waals surface area contributed by atoms with Crippen LogP contribution in [0.25, 0.3) is 0 Å². The Morgan fingerprint density at radius 3 is 2.58 bits per heavy atom. The van der Waals surface area contributed by atoms with E-state index in [4.69, 9.17) is 0 Å². The van der Waals surface area contributed by atoms with Gasteiger partial charge in [0.1, 0.15) is 17.1 Å². The maximum atomic E-state index is 12.8. The van der Waals surface area contributed by atoms with Crippen molar-refractivity contribution in [3.63, 3.8) is 0 Å². The van der Waals surface area contributed by atoms with Crippen LogP contribution in [0.2, 0.25) is 0 Å². The van der Waals surface area contributed by atoms with Crippen molar-refractivity contribution in [1.29, 1.82) is 0 Å². The van der Waals surface area contributed by atoms with Crippen molar-refractivity contribution in [3.05, 3.63) is 76.3 Å². The predicted octanol–water partition coefficient (Wildman–Crippen LogP) is 3.61. The molecule has 2 aromatic carbocycles. The van der Waals surface area contributed by atoms with Gasteiger partial charge in [-0.25, -0.2) is 4.79 Å². The second-order valence-electron chi connectivity index (χ2n) is 7.04. The van der Waals surface area contributed by atoms with Gasteiger partial charge in [-0.05, 0) is 17.2 Å². The highest BCUT2D eigenvalue weighted by atomic mass is 79.9. The number of rotatable bonds is 7. The van der Waals surface area contributed by atoms with E-state index in [1.54, 1.807) is 0 Å². The second kappa shape index (κ2) is 9.50. The molecule has 6 nitrogen and oxygen atoms in total. The molecule has 0 spiro atoms. The standard InChI is InChI=1S/C22H19BrN2O4S2/c23-11-14-8-4-5-9-15(14)31-16-12-30-21-18(20(27)25(21)19(16)22(28)29)24-17(26)10-13-6-2-1-3-7-13/h1-9,18,21H,10-12H2,(H,24,26)(H,28,29)/t18-,21+/m1/s1. The molecule has 31 heavy (non-hydrogen) atoms. The van der Waals surface area contributed by atoms with Crippen LogP contribution in [0, 0.1) is 0 Å². The first-order valence-electron chi connectivity index (χ1n) is 9.55. The third-order valence-corrected chi connectivity index (χ3v) is 8.28. The van der Waals surface area contributed by atoms with Crippen LogP contribution in [-0.4, -0.2) is 45.0 Å². The molecule has 0 aliphatic carbocycles. The van der Waals surface area contributed by atoms with Crippen molar-refractivity contribution in [2.24, 2.45) is 0 Å². The lowest BCUT2D eigenvalue weighted by atomic mass is 10.0. The van der Waals surface area contributed by atoms with Gasteiger partial charge < -0.3 is 10.4 Å². The Labute approximate surface area is 196 Å². The summed E-state index contributed by atoms with van der Waals surface area (Å²) in [6, 6.07) is 16.3. The van der Waals surface area contributed by atoms with Gasteiger partial charge in [0, 0.05) is 20.9 Å².